The summed E-state index contributed by atoms with van der Waals surface area (Å²) in [6, 6.07) is 0.612. The molecule has 0 amide bonds. The molecule has 0 aromatic rings. The van der Waals surface area contributed by atoms with Gasteiger partial charge in [0, 0.05) is 12.6 Å². The summed E-state index contributed by atoms with van der Waals surface area (Å²) < 4.78 is 4.93. The number of nitrogens with zero attached hydrogens (tertiary/aromatic N) is 1. The molecule has 0 heterocycles. The number of nitrogens with two attached hydrogens (primary N) is 1. The van der Waals surface area contributed by atoms with Crippen molar-refractivity contribution in [2.24, 2.45) is 11.7 Å². The maximum Gasteiger partial charge on any atom is 0.327 e. The summed E-state index contributed by atoms with van der Waals surface area (Å²) in [5, 5.41) is 0. The van der Waals surface area contributed by atoms with Crippen LogP contribution in [0.25, 0.3) is 0 Å². The van der Waals surface area contributed by atoms with Gasteiger partial charge in [0.1, 0.15) is 5.54 Å². The molecule has 0 aromatic carbocycles. The van der Waals surface area contributed by atoms with Gasteiger partial charge in [-0.15, -0.1) is 0 Å². The predicted molar refractivity (Wildman–Crippen MR) is 71.2 cm³/mol. The average Bonchev–Trinajstić information content (AvgIpc) is 3.11. The van der Waals surface area contributed by atoms with E-state index in [0.29, 0.717) is 18.5 Å². The minimum Gasteiger partial charge on any atom is -0.468 e. The summed E-state index contributed by atoms with van der Waals surface area (Å²) in [5.41, 5.74) is 5.60. The molecule has 4 heteroatoms. The molecule has 2 aliphatic carbocycles. The van der Waals surface area contributed by atoms with Crippen LogP contribution in [0.1, 0.15) is 45.4 Å². The smallest absolute Gasteiger partial charge is 0.327 e. The zero-order valence-electron chi connectivity index (χ0n) is 11.7. The van der Waals surface area contributed by atoms with Crippen LogP contribution in [0.2, 0.25) is 0 Å². The molecule has 2 aliphatic rings. The summed E-state index contributed by atoms with van der Waals surface area (Å²) in [5.74, 6) is 0.0850. The van der Waals surface area contributed by atoms with E-state index in [9.17, 15) is 4.79 Å². The van der Waals surface area contributed by atoms with E-state index < -0.39 is 5.54 Å². The van der Waals surface area contributed by atoms with Crippen molar-refractivity contribution in [3.63, 3.8) is 0 Å². The fourth-order valence-corrected chi connectivity index (χ4v) is 3.25. The van der Waals surface area contributed by atoms with E-state index in [-0.39, 0.29) is 5.97 Å². The molecule has 2 N–H and O–H groups in total. The highest BCUT2D eigenvalue weighted by Crippen LogP contribution is 2.40. The molecule has 0 spiro atoms. The fraction of sp³-hybridized carbons (Fsp3) is 0.929. The molecule has 0 aromatic heterocycles. The second kappa shape index (κ2) is 5.57. The summed E-state index contributed by atoms with van der Waals surface area (Å²) >= 11 is 0. The molecule has 0 saturated heterocycles. The normalized spacial score (nSPS) is 24.2. The Morgan fingerprint density at radius 1 is 1.33 bits per heavy atom. The van der Waals surface area contributed by atoms with E-state index in [1.54, 1.807) is 0 Å². The first-order chi connectivity index (χ1) is 8.61. The lowest BCUT2D eigenvalue weighted by molar-refractivity contribution is -0.149. The zero-order valence-corrected chi connectivity index (χ0v) is 11.7. The molecule has 2 rings (SSSR count). The zero-order chi connectivity index (χ0) is 13.2. The Balaban J connectivity index is 2.04. The molecule has 0 bridgehead atoms. The molecule has 18 heavy (non-hydrogen) atoms. The maximum absolute atomic E-state index is 12.0. The Hall–Kier alpha value is -0.610. The van der Waals surface area contributed by atoms with Gasteiger partial charge in [-0.05, 0) is 38.1 Å². The van der Waals surface area contributed by atoms with Crippen molar-refractivity contribution in [3.8, 4) is 0 Å². The Morgan fingerprint density at radius 3 is 2.39 bits per heavy atom. The highest BCUT2D eigenvalue weighted by molar-refractivity contribution is 5.81. The largest absolute Gasteiger partial charge is 0.468 e. The lowest BCUT2D eigenvalue weighted by Crippen LogP contribution is -2.59. The average molecular weight is 254 g/mol. The van der Waals surface area contributed by atoms with Gasteiger partial charge in [-0.25, -0.2) is 0 Å². The Bertz CT molecular complexity index is 298. The van der Waals surface area contributed by atoms with E-state index in [2.05, 4.69) is 11.8 Å². The second-order valence-electron chi connectivity index (χ2n) is 5.81. The molecule has 4 nitrogen and oxygen atoms in total. The van der Waals surface area contributed by atoms with Gasteiger partial charge in [0.05, 0.1) is 7.11 Å². The van der Waals surface area contributed by atoms with Crippen LogP contribution in [0.5, 0.6) is 0 Å². The second-order valence-corrected chi connectivity index (χ2v) is 5.81. The van der Waals surface area contributed by atoms with Crippen molar-refractivity contribution in [3.05, 3.63) is 0 Å². The van der Waals surface area contributed by atoms with Crippen LogP contribution in [0, 0.1) is 5.92 Å². The highest BCUT2D eigenvalue weighted by Gasteiger charge is 2.50. The number of esters is 1. The van der Waals surface area contributed by atoms with Gasteiger partial charge < -0.3 is 10.5 Å². The van der Waals surface area contributed by atoms with Gasteiger partial charge in [-0.3, -0.25) is 9.69 Å². The molecule has 1 atom stereocenters. The monoisotopic (exact) mass is 254 g/mol. The molecule has 2 fully saturated rings. The number of carbonyl (C=O) groups excluding carboxylic acids is 1. The number of hydrogen-bond donors (Lipinski definition) is 1. The van der Waals surface area contributed by atoms with Crippen LogP contribution < -0.4 is 5.73 Å². The summed E-state index contributed by atoms with van der Waals surface area (Å²) in [6.45, 7) is 3.78. The van der Waals surface area contributed by atoms with E-state index in [0.717, 1.165) is 19.4 Å². The van der Waals surface area contributed by atoms with E-state index >= 15 is 0 Å². The van der Waals surface area contributed by atoms with Crippen LogP contribution in [-0.4, -0.2) is 42.6 Å². The first-order valence-corrected chi connectivity index (χ1v) is 7.23. The SMILES string of the molecule is CCN(CC(N)(C(=O)OC)C1CC1)C1CCCC1. The van der Waals surface area contributed by atoms with Gasteiger partial charge in [-0.2, -0.15) is 0 Å². The van der Waals surface area contributed by atoms with E-state index in [1.165, 1.54) is 32.8 Å². The third-order valence-electron chi connectivity index (χ3n) is 4.58. The van der Waals surface area contributed by atoms with Crippen molar-refractivity contribution in [1.29, 1.82) is 0 Å². The molecular formula is C14H26N2O2. The standard InChI is InChI=1S/C14H26N2O2/c1-3-16(12-6-4-5-7-12)10-14(15,11-8-9-11)13(17)18-2/h11-12H,3-10,15H2,1-2H3. The number of ether oxygens (including phenoxy) is 1. The molecule has 2 saturated carbocycles. The van der Waals surface area contributed by atoms with Crippen molar-refractivity contribution < 1.29 is 9.53 Å². The van der Waals surface area contributed by atoms with Gasteiger partial charge in [0.25, 0.3) is 0 Å². The van der Waals surface area contributed by atoms with Crippen molar-refractivity contribution in [2.45, 2.75) is 57.0 Å². The summed E-state index contributed by atoms with van der Waals surface area (Å²) in [6.07, 6.45) is 7.23. The third kappa shape index (κ3) is 2.69. The topological polar surface area (TPSA) is 55.6 Å². The Labute approximate surface area is 110 Å². The van der Waals surface area contributed by atoms with Crippen LogP contribution in [0.4, 0.5) is 0 Å². The van der Waals surface area contributed by atoms with Gasteiger partial charge in [-0.1, -0.05) is 19.8 Å². The van der Waals surface area contributed by atoms with Gasteiger partial charge in [0.2, 0.25) is 0 Å². The number of carbonyl (C=O) groups is 1. The first kappa shape index (κ1) is 13.8. The lowest BCUT2D eigenvalue weighted by Gasteiger charge is -2.36. The first-order valence-electron chi connectivity index (χ1n) is 7.23. The third-order valence-corrected chi connectivity index (χ3v) is 4.58. The molecule has 0 radical (unpaired) electrons. The predicted octanol–water partition coefficient (Wildman–Crippen LogP) is 1.53. The Morgan fingerprint density at radius 2 is 1.94 bits per heavy atom. The van der Waals surface area contributed by atoms with Crippen molar-refractivity contribution >= 4 is 5.97 Å². The van der Waals surface area contributed by atoms with E-state index in [4.69, 9.17) is 10.5 Å². The molecule has 1 unspecified atom stereocenters. The number of methoxy groups -OCH3 is 1. The van der Waals surface area contributed by atoms with Crippen LogP contribution >= 0.6 is 0 Å². The number of rotatable bonds is 6. The van der Waals surface area contributed by atoms with Crippen LogP contribution in [-0.2, 0) is 9.53 Å². The van der Waals surface area contributed by atoms with Crippen LogP contribution in [0.3, 0.4) is 0 Å². The summed E-state index contributed by atoms with van der Waals surface area (Å²) in [7, 11) is 1.44. The fourth-order valence-electron chi connectivity index (χ4n) is 3.25. The highest BCUT2D eigenvalue weighted by atomic mass is 16.5. The molecular weight excluding hydrogens is 228 g/mol. The van der Waals surface area contributed by atoms with E-state index in [1.807, 2.05) is 0 Å². The lowest BCUT2D eigenvalue weighted by atomic mass is 9.93. The summed E-state index contributed by atoms with van der Waals surface area (Å²) in [4.78, 5) is 14.4. The van der Waals surface area contributed by atoms with Gasteiger partial charge >= 0.3 is 5.97 Å². The minimum absolute atomic E-state index is 0.235. The minimum atomic E-state index is -0.784. The maximum atomic E-state index is 12.0. The number of likely N-dealkylation sites (N-methyl/N-ethyl adjacent to an activating group) is 1. The molecule has 104 valence electrons. The number of hydrogen-bond acceptors (Lipinski definition) is 4. The van der Waals surface area contributed by atoms with Crippen molar-refractivity contribution in [2.75, 3.05) is 20.2 Å². The van der Waals surface area contributed by atoms with Crippen molar-refractivity contribution in [1.82, 2.24) is 4.90 Å². The van der Waals surface area contributed by atoms with Gasteiger partial charge in [0.15, 0.2) is 0 Å². The molecule has 0 aliphatic heterocycles. The van der Waals surface area contributed by atoms with Crippen LogP contribution in [0.15, 0.2) is 0 Å². The Kier molecular flexibility index (Phi) is 4.28. The quantitative estimate of drug-likeness (QED) is 0.730.